The van der Waals surface area contributed by atoms with Crippen LogP contribution in [0, 0.1) is 5.92 Å². The van der Waals surface area contributed by atoms with Crippen molar-refractivity contribution in [1.29, 1.82) is 0 Å². The number of halogens is 3. The number of benzene rings is 2. The van der Waals surface area contributed by atoms with Crippen molar-refractivity contribution in [2.75, 3.05) is 39.0 Å². The molecule has 184 valence electrons. The maximum absolute atomic E-state index is 13.4. The van der Waals surface area contributed by atoms with Crippen molar-refractivity contribution in [2.24, 2.45) is 5.92 Å². The monoisotopic (exact) mass is 476 g/mol. The van der Waals surface area contributed by atoms with Gasteiger partial charge in [0.2, 0.25) is 0 Å². The molecular formula is C25H31F3N4O2. The molecule has 3 N–H and O–H groups in total. The number of anilines is 1. The Kier molecular flexibility index (Phi) is 7.33. The third kappa shape index (κ3) is 5.64. The molecule has 4 rings (SSSR count). The standard InChI is InChI=1S/C25H31F3N4O2/c1-32(2)13-12-29-24(33)30-15-18-9-10-19-22(16-6-4-3-5-7-16)31-21-11-8-17(25(26,27)28)14-20(21)23(19)34-18/h3-8,11,14,18-19,22-23,31H,9-10,12-13,15H2,1-2H3,(H2,29,30,33)/t18-,19+,22-,23+/m1/s1. The second-order valence-electron chi connectivity index (χ2n) is 9.19. The summed E-state index contributed by atoms with van der Waals surface area (Å²) in [5.74, 6) is -0.0245. The molecule has 0 radical (unpaired) electrons. The van der Waals surface area contributed by atoms with Crippen LogP contribution < -0.4 is 16.0 Å². The maximum Gasteiger partial charge on any atom is 0.416 e. The first kappa shape index (κ1) is 24.3. The Bertz CT molecular complexity index is 984. The van der Waals surface area contributed by atoms with Crippen LogP contribution in [0.15, 0.2) is 48.5 Å². The van der Waals surface area contributed by atoms with Gasteiger partial charge < -0.3 is 25.6 Å². The van der Waals surface area contributed by atoms with Gasteiger partial charge in [0.1, 0.15) is 0 Å². The minimum absolute atomic E-state index is 0.0245. The summed E-state index contributed by atoms with van der Waals surface area (Å²) in [5, 5.41) is 9.09. The van der Waals surface area contributed by atoms with Crippen molar-refractivity contribution in [3.05, 3.63) is 65.2 Å². The third-order valence-corrected chi connectivity index (χ3v) is 6.47. The number of nitrogens with zero attached hydrogens (tertiary/aromatic N) is 1. The minimum atomic E-state index is -4.43. The molecule has 2 heterocycles. The highest BCUT2D eigenvalue weighted by molar-refractivity contribution is 5.73. The average Bonchev–Trinajstić information content (AvgIpc) is 2.81. The van der Waals surface area contributed by atoms with Gasteiger partial charge >= 0.3 is 12.2 Å². The first-order valence-corrected chi connectivity index (χ1v) is 11.6. The first-order valence-electron chi connectivity index (χ1n) is 11.6. The van der Waals surface area contributed by atoms with E-state index in [1.54, 1.807) is 0 Å². The number of urea groups is 1. The van der Waals surface area contributed by atoms with Gasteiger partial charge in [0, 0.05) is 36.8 Å². The number of rotatable bonds is 6. The summed E-state index contributed by atoms with van der Waals surface area (Å²) in [4.78, 5) is 14.1. The van der Waals surface area contributed by atoms with E-state index in [1.165, 1.54) is 12.1 Å². The van der Waals surface area contributed by atoms with Crippen molar-refractivity contribution in [1.82, 2.24) is 15.5 Å². The molecular weight excluding hydrogens is 445 g/mol. The molecule has 2 aromatic carbocycles. The van der Waals surface area contributed by atoms with E-state index < -0.39 is 17.8 Å². The van der Waals surface area contributed by atoms with Crippen molar-refractivity contribution in [2.45, 2.75) is 37.3 Å². The van der Waals surface area contributed by atoms with Gasteiger partial charge in [0.25, 0.3) is 0 Å². The Morgan fingerprint density at radius 1 is 1.12 bits per heavy atom. The van der Waals surface area contributed by atoms with Gasteiger partial charge in [-0.2, -0.15) is 13.2 Å². The molecule has 4 atom stereocenters. The zero-order valence-corrected chi connectivity index (χ0v) is 19.4. The van der Waals surface area contributed by atoms with Gasteiger partial charge in [0.15, 0.2) is 0 Å². The second-order valence-corrected chi connectivity index (χ2v) is 9.19. The molecule has 0 aromatic heterocycles. The van der Waals surface area contributed by atoms with E-state index in [0.717, 1.165) is 24.6 Å². The van der Waals surface area contributed by atoms with Gasteiger partial charge in [-0.1, -0.05) is 30.3 Å². The number of alkyl halides is 3. The topological polar surface area (TPSA) is 65.6 Å². The fraction of sp³-hybridized carbons (Fsp3) is 0.480. The number of carbonyl (C=O) groups is 1. The molecule has 2 amide bonds. The van der Waals surface area contributed by atoms with E-state index in [0.29, 0.717) is 30.8 Å². The predicted octanol–water partition coefficient (Wildman–Crippen LogP) is 4.57. The fourth-order valence-electron chi connectivity index (χ4n) is 4.74. The van der Waals surface area contributed by atoms with Gasteiger partial charge in [-0.15, -0.1) is 0 Å². The van der Waals surface area contributed by atoms with Gasteiger partial charge in [0.05, 0.1) is 23.8 Å². The highest BCUT2D eigenvalue weighted by Crippen LogP contribution is 2.51. The van der Waals surface area contributed by atoms with Gasteiger partial charge in [-0.05, 0) is 50.7 Å². The molecule has 0 unspecified atom stereocenters. The zero-order chi connectivity index (χ0) is 24.3. The third-order valence-electron chi connectivity index (χ3n) is 6.47. The van der Waals surface area contributed by atoms with E-state index in [2.05, 4.69) is 16.0 Å². The van der Waals surface area contributed by atoms with Crippen molar-refractivity contribution >= 4 is 11.7 Å². The van der Waals surface area contributed by atoms with Crippen molar-refractivity contribution < 1.29 is 22.7 Å². The lowest BCUT2D eigenvalue weighted by molar-refractivity contribution is -0.138. The average molecular weight is 477 g/mol. The largest absolute Gasteiger partial charge is 0.416 e. The smallest absolute Gasteiger partial charge is 0.378 e. The van der Waals surface area contributed by atoms with E-state index in [4.69, 9.17) is 4.74 Å². The number of carbonyl (C=O) groups excluding carboxylic acids is 1. The van der Waals surface area contributed by atoms with Crippen LogP contribution in [0.4, 0.5) is 23.7 Å². The Morgan fingerprint density at radius 3 is 2.59 bits per heavy atom. The van der Waals surface area contributed by atoms with E-state index >= 15 is 0 Å². The summed E-state index contributed by atoms with van der Waals surface area (Å²) in [6.07, 6.45) is -3.74. The van der Waals surface area contributed by atoms with Crippen LogP contribution in [0.5, 0.6) is 0 Å². The zero-order valence-electron chi connectivity index (χ0n) is 19.4. The molecule has 6 nitrogen and oxygen atoms in total. The van der Waals surface area contributed by atoms with Gasteiger partial charge in [-0.25, -0.2) is 4.79 Å². The molecule has 1 fully saturated rings. The number of amides is 2. The summed E-state index contributed by atoms with van der Waals surface area (Å²) in [7, 11) is 3.85. The highest BCUT2D eigenvalue weighted by Gasteiger charge is 2.43. The highest BCUT2D eigenvalue weighted by atomic mass is 19.4. The Labute approximate surface area is 197 Å². The Morgan fingerprint density at radius 2 is 1.88 bits per heavy atom. The first-order chi connectivity index (χ1) is 16.2. The van der Waals surface area contributed by atoms with Gasteiger partial charge in [-0.3, -0.25) is 0 Å². The molecule has 2 aromatic rings. The van der Waals surface area contributed by atoms with E-state index in [-0.39, 0.29) is 24.1 Å². The summed E-state index contributed by atoms with van der Waals surface area (Å²) < 4.78 is 46.7. The second kappa shape index (κ2) is 10.2. The maximum atomic E-state index is 13.4. The van der Waals surface area contributed by atoms with Crippen LogP contribution in [-0.4, -0.2) is 50.8 Å². The Hall–Kier alpha value is -2.78. The number of fused-ring (bicyclic) bond motifs is 3. The summed E-state index contributed by atoms with van der Waals surface area (Å²) >= 11 is 0. The van der Waals surface area contributed by atoms with Crippen LogP contribution in [-0.2, 0) is 10.9 Å². The number of hydrogen-bond donors (Lipinski definition) is 3. The number of ether oxygens (including phenoxy) is 1. The summed E-state index contributed by atoms with van der Waals surface area (Å²) in [6.45, 7) is 1.55. The van der Waals surface area contributed by atoms with E-state index in [1.807, 2.05) is 49.3 Å². The molecule has 0 aliphatic carbocycles. The van der Waals surface area contributed by atoms with Crippen molar-refractivity contribution in [3.8, 4) is 0 Å². The van der Waals surface area contributed by atoms with Crippen LogP contribution in [0.2, 0.25) is 0 Å². The Balaban J connectivity index is 1.52. The quantitative estimate of drug-likeness (QED) is 0.572. The number of nitrogens with one attached hydrogen (secondary N) is 3. The molecule has 2 aliphatic heterocycles. The lowest BCUT2D eigenvalue weighted by Gasteiger charge is -2.46. The van der Waals surface area contributed by atoms with Crippen molar-refractivity contribution in [3.63, 3.8) is 0 Å². The molecule has 0 saturated carbocycles. The molecule has 9 heteroatoms. The molecule has 34 heavy (non-hydrogen) atoms. The number of hydrogen-bond acceptors (Lipinski definition) is 4. The molecule has 0 bridgehead atoms. The van der Waals surface area contributed by atoms with Crippen LogP contribution in [0.3, 0.4) is 0 Å². The lowest BCUT2D eigenvalue weighted by Crippen LogP contribution is -2.46. The lowest BCUT2D eigenvalue weighted by atomic mass is 9.76. The fourth-order valence-corrected chi connectivity index (χ4v) is 4.74. The number of likely N-dealkylation sites (N-methyl/N-ethyl adjacent to an activating group) is 1. The molecule has 0 spiro atoms. The molecule has 2 aliphatic rings. The normalized spacial score (nSPS) is 24.1. The van der Waals surface area contributed by atoms with Crippen LogP contribution in [0.1, 0.15) is 41.7 Å². The predicted molar refractivity (Wildman–Crippen MR) is 125 cm³/mol. The minimum Gasteiger partial charge on any atom is -0.378 e. The summed E-state index contributed by atoms with van der Waals surface area (Å²) in [5.41, 5.74) is 1.56. The van der Waals surface area contributed by atoms with E-state index in [9.17, 15) is 18.0 Å². The van der Waals surface area contributed by atoms with Crippen LogP contribution >= 0.6 is 0 Å². The summed E-state index contributed by atoms with van der Waals surface area (Å²) in [6, 6.07) is 13.4. The SMILES string of the molecule is CN(C)CCNC(=O)NC[C@H]1CC[C@H]2[C@@H](c3ccccc3)Nc3ccc(C(F)(F)F)cc3[C@H]2O1. The van der Waals surface area contributed by atoms with Crippen LogP contribution in [0.25, 0.3) is 0 Å². The molecule has 1 saturated heterocycles.